The Kier molecular flexibility index (Phi) is 5.25. The monoisotopic (exact) mass is 336 g/mol. The summed E-state index contributed by atoms with van der Waals surface area (Å²) >= 11 is 0. The van der Waals surface area contributed by atoms with Gasteiger partial charge in [0.05, 0.1) is 16.1 Å². The Morgan fingerprint density at radius 1 is 1.21 bits per heavy atom. The molecule has 0 atom stereocenters. The molecule has 124 valence electrons. The second-order valence-corrected chi connectivity index (χ2v) is 4.49. The minimum absolute atomic E-state index is 0.0421. The smallest absolute Gasteiger partial charge is 0.261 e. The summed E-state index contributed by atoms with van der Waals surface area (Å²) in [6.45, 7) is 0. The summed E-state index contributed by atoms with van der Waals surface area (Å²) in [5.41, 5.74) is 1.96. The van der Waals surface area contributed by atoms with E-state index in [2.05, 4.69) is 15.5 Å². The normalized spacial score (nSPS) is 12.0. The van der Waals surface area contributed by atoms with Gasteiger partial charge in [-0.2, -0.15) is 18.3 Å². The van der Waals surface area contributed by atoms with E-state index < -0.39 is 16.7 Å². The second kappa shape index (κ2) is 7.36. The van der Waals surface area contributed by atoms with Crippen LogP contribution < -0.4 is 5.43 Å². The fourth-order valence-corrected chi connectivity index (χ4v) is 1.72. The number of benzene rings is 1. The van der Waals surface area contributed by atoms with Gasteiger partial charge in [0.25, 0.3) is 5.69 Å². The number of rotatable bonds is 5. The third-order valence-electron chi connectivity index (χ3n) is 2.84. The van der Waals surface area contributed by atoms with Crippen molar-refractivity contribution in [3.63, 3.8) is 0 Å². The Labute approximate surface area is 134 Å². The first-order valence-electron chi connectivity index (χ1n) is 6.60. The molecular formula is C15H11F3N4O2. The Morgan fingerprint density at radius 2 is 1.96 bits per heavy atom. The molecule has 0 radical (unpaired) electrons. The molecule has 0 spiro atoms. The van der Waals surface area contributed by atoms with Crippen LogP contribution in [0.15, 0.2) is 53.8 Å². The summed E-state index contributed by atoms with van der Waals surface area (Å²) in [5.74, 6) is 0.137. The molecule has 0 fully saturated rings. The average Bonchev–Trinajstić information content (AvgIpc) is 2.54. The number of nitro groups is 1. The van der Waals surface area contributed by atoms with E-state index in [1.54, 1.807) is 18.2 Å². The minimum atomic E-state index is -4.44. The van der Waals surface area contributed by atoms with E-state index in [1.807, 2.05) is 0 Å². The third-order valence-corrected chi connectivity index (χ3v) is 2.84. The number of aromatic nitrogens is 1. The lowest BCUT2D eigenvalue weighted by Gasteiger charge is -2.06. The molecule has 1 N–H and O–H groups in total. The van der Waals surface area contributed by atoms with Gasteiger partial charge in [-0.3, -0.25) is 15.5 Å². The molecule has 1 aromatic carbocycles. The molecule has 0 aliphatic rings. The number of pyridine rings is 1. The molecule has 2 aromatic rings. The van der Waals surface area contributed by atoms with Crippen LogP contribution in [0.5, 0.6) is 0 Å². The Hall–Kier alpha value is -3.23. The van der Waals surface area contributed by atoms with E-state index in [4.69, 9.17) is 0 Å². The SMILES string of the molecule is O=[N+]([O-])c1ccccc1/C=C/C=N/Nc1ccc(C(F)(F)F)cn1. The van der Waals surface area contributed by atoms with Crippen LogP contribution in [-0.4, -0.2) is 16.1 Å². The Balaban J connectivity index is 1.97. The maximum atomic E-state index is 12.4. The zero-order chi connectivity index (χ0) is 17.6. The quantitative estimate of drug-likeness (QED) is 0.506. The number of halogens is 3. The number of nitrogens with zero attached hydrogens (tertiary/aromatic N) is 3. The van der Waals surface area contributed by atoms with Crippen molar-refractivity contribution in [3.8, 4) is 0 Å². The van der Waals surface area contributed by atoms with Gasteiger partial charge in [0, 0.05) is 18.5 Å². The fourth-order valence-electron chi connectivity index (χ4n) is 1.72. The van der Waals surface area contributed by atoms with Crippen molar-refractivity contribution in [2.24, 2.45) is 5.10 Å². The summed E-state index contributed by atoms with van der Waals surface area (Å²) in [5, 5.41) is 14.6. The van der Waals surface area contributed by atoms with Crippen molar-refractivity contribution in [2.45, 2.75) is 6.18 Å². The van der Waals surface area contributed by atoms with Gasteiger partial charge in [0.2, 0.25) is 0 Å². The van der Waals surface area contributed by atoms with E-state index in [-0.39, 0.29) is 11.5 Å². The molecule has 0 amide bonds. The highest BCUT2D eigenvalue weighted by atomic mass is 19.4. The highest BCUT2D eigenvalue weighted by Gasteiger charge is 2.30. The van der Waals surface area contributed by atoms with Crippen LogP contribution in [0.2, 0.25) is 0 Å². The summed E-state index contributed by atoms with van der Waals surface area (Å²) in [6, 6.07) is 8.20. The molecule has 0 aliphatic carbocycles. The number of anilines is 1. The molecule has 9 heteroatoms. The summed E-state index contributed by atoms with van der Waals surface area (Å²) in [7, 11) is 0. The molecule has 1 heterocycles. The Bertz CT molecular complexity index is 771. The lowest BCUT2D eigenvalue weighted by Crippen LogP contribution is -2.05. The number of nitro benzene ring substituents is 1. The van der Waals surface area contributed by atoms with Crippen molar-refractivity contribution in [1.82, 2.24) is 4.98 Å². The number of hydrogen-bond donors (Lipinski definition) is 1. The standard InChI is InChI=1S/C15H11F3N4O2/c16-15(17,18)12-7-8-14(19-10-12)21-20-9-3-5-11-4-1-2-6-13(11)22(23)24/h1-10H,(H,19,21)/b5-3+,20-9+. The highest BCUT2D eigenvalue weighted by molar-refractivity contribution is 5.80. The van der Waals surface area contributed by atoms with E-state index in [0.717, 1.165) is 12.1 Å². The molecule has 0 bridgehead atoms. The van der Waals surface area contributed by atoms with E-state index >= 15 is 0 Å². The summed E-state index contributed by atoms with van der Waals surface area (Å²) in [6.07, 6.45) is 0.502. The van der Waals surface area contributed by atoms with Crippen LogP contribution in [0, 0.1) is 10.1 Å². The molecule has 24 heavy (non-hydrogen) atoms. The number of nitrogens with one attached hydrogen (secondary N) is 1. The van der Waals surface area contributed by atoms with E-state index in [0.29, 0.717) is 11.8 Å². The molecule has 0 saturated carbocycles. The Morgan fingerprint density at radius 3 is 2.58 bits per heavy atom. The molecular weight excluding hydrogens is 325 g/mol. The molecule has 0 saturated heterocycles. The first kappa shape index (κ1) is 17.1. The molecule has 1 aromatic heterocycles. The fraction of sp³-hybridized carbons (Fsp3) is 0.0667. The predicted molar refractivity (Wildman–Crippen MR) is 83.5 cm³/mol. The van der Waals surface area contributed by atoms with Crippen molar-refractivity contribution >= 4 is 23.8 Å². The molecule has 0 aliphatic heterocycles. The largest absolute Gasteiger partial charge is 0.417 e. The van der Waals surface area contributed by atoms with Gasteiger partial charge in [0.15, 0.2) is 0 Å². The number of allylic oxidation sites excluding steroid dienone is 1. The maximum absolute atomic E-state index is 12.4. The highest BCUT2D eigenvalue weighted by Crippen LogP contribution is 2.28. The van der Waals surface area contributed by atoms with Gasteiger partial charge in [-0.25, -0.2) is 4.98 Å². The lowest BCUT2D eigenvalue weighted by atomic mass is 10.2. The van der Waals surface area contributed by atoms with Crippen LogP contribution in [-0.2, 0) is 6.18 Å². The molecule has 0 unspecified atom stereocenters. The minimum Gasteiger partial charge on any atom is -0.261 e. The predicted octanol–water partition coefficient (Wildman–Crippen LogP) is 4.12. The van der Waals surface area contributed by atoms with Gasteiger partial charge in [-0.05, 0) is 30.4 Å². The van der Waals surface area contributed by atoms with Gasteiger partial charge >= 0.3 is 6.18 Å². The van der Waals surface area contributed by atoms with Crippen molar-refractivity contribution in [3.05, 3.63) is 69.9 Å². The van der Waals surface area contributed by atoms with Gasteiger partial charge in [0.1, 0.15) is 5.82 Å². The van der Waals surface area contributed by atoms with Crippen LogP contribution in [0.25, 0.3) is 6.08 Å². The average molecular weight is 336 g/mol. The molecule has 2 rings (SSSR count). The number of hydrogen-bond acceptors (Lipinski definition) is 5. The van der Waals surface area contributed by atoms with Crippen molar-refractivity contribution < 1.29 is 18.1 Å². The van der Waals surface area contributed by atoms with Crippen molar-refractivity contribution in [1.29, 1.82) is 0 Å². The third kappa shape index (κ3) is 4.63. The second-order valence-electron chi connectivity index (χ2n) is 4.49. The first-order chi connectivity index (χ1) is 11.4. The van der Waals surface area contributed by atoms with Crippen LogP contribution >= 0.6 is 0 Å². The number of alkyl halides is 3. The zero-order valence-corrected chi connectivity index (χ0v) is 12.1. The molecule has 6 nitrogen and oxygen atoms in total. The van der Waals surface area contributed by atoms with Crippen LogP contribution in [0.1, 0.15) is 11.1 Å². The summed E-state index contributed by atoms with van der Waals surface area (Å²) < 4.78 is 37.1. The first-order valence-corrected chi connectivity index (χ1v) is 6.60. The van der Waals surface area contributed by atoms with Crippen LogP contribution in [0.3, 0.4) is 0 Å². The van der Waals surface area contributed by atoms with Crippen LogP contribution in [0.4, 0.5) is 24.7 Å². The van der Waals surface area contributed by atoms with Gasteiger partial charge in [-0.1, -0.05) is 12.1 Å². The van der Waals surface area contributed by atoms with E-state index in [9.17, 15) is 23.3 Å². The van der Waals surface area contributed by atoms with E-state index in [1.165, 1.54) is 24.4 Å². The maximum Gasteiger partial charge on any atom is 0.417 e. The lowest BCUT2D eigenvalue weighted by molar-refractivity contribution is -0.385. The number of hydrazone groups is 1. The zero-order valence-electron chi connectivity index (χ0n) is 12.1. The van der Waals surface area contributed by atoms with Gasteiger partial charge in [-0.15, -0.1) is 0 Å². The topological polar surface area (TPSA) is 80.4 Å². The number of para-hydroxylation sites is 1. The van der Waals surface area contributed by atoms with Gasteiger partial charge < -0.3 is 0 Å². The van der Waals surface area contributed by atoms with Crippen molar-refractivity contribution in [2.75, 3.05) is 5.43 Å². The summed E-state index contributed by atoms with van der Waals surface area (Å²) in [4.78, 5) is 13.9.